The third-order valence-electron chi connectivity index (χ3n) is 2.59. The van der Waals surface area contributed by atoms with E-state index in [2.05, 4.69) is 5.43 Å². The standard InChI is InChI=1S/C14H16N2O4/c15-16-14(17)12-6-7-20-13(12)10-18-8-9-19-11-4-2-1-3-5-11/h1-7H,8-10,15H2,(H,16,17). The van der Waals surface area contributed by atoms with Crippen molar-refractivity contribution in [2.75, 3.05) is 13.2 Å². The number of benzene rings is 1. The van der Waals surface area contributed by atoms with Gasteiger partial charge in [0.2, 0.25) is 0 Å². The second kappa shape index (κ2) is 7.32. The molecule has 20 heavy (non-hydrogen) atoms. The number of furan rings is 1. The van der Waals surface area contributed by atoms with E-state index in [1.165, 1.54) is 6.26 Å². The number of hydrogen-bond donors (Lipinski definition) is 2. The van der Waals surface area contributed by atoms with Crippen LogP contribution in [0.1, 0.15) is 16.1 Å². The molecule has 6 nitrogen and oxygen atoms in total. The van der Waals surface area contributed by atoms with Gasteiger partial charge in [-0.05, 0) is 18.2 Å². The summed E-state index contributed by atoms with van der Waals surface area (Å²) < 4.78 is 16.0. The molecule has 0 aliphatic carbocycles. The second-order valence-electron chi connectivity index (χ2n) is 3.95. The summed E-state index contributed by atoms with van der Waals surface area (Å²) in [5.41, 5.74) is 2.42. The highest BCUT2D eigenvalue weighted by Crippen LogP contribution is 2.12. The number of amides is 1. The molecule has 0 spiro atoms. The maximum atomic E-state index is 11.4. The first-order valence-electron chi connectivity index (χ1n) is 6.14. The number of carbonyl (C=O) groups is 1. The summed E-state index contributed by atoms with van der Waals surface area (Å²) in [6, 6.07) is 11.0. The van der Waals surface area contributed by atoms with Crippen LogP contribution in [0.2, 0.25) is 0 Å². The molecule has 2 aromatic rings. The lowest BCUT2D eigenvalue weighted by molar-refractivity contribution is 0.0761. The zero-order valence-electron chi connectivity index (χ0n) is 10.9. The molecule has 6 heteroatoms. The van der Waals surface area contributed by atoms with Crippen LogP contribution in [0.25, 0.3) is 0 Å². The first kappa shape index (κ1) is 14.1. The summed E-state index contributed by atoms with van der Waals surface area (Å²) in [6.07, 6.45) is 1.42. The average molecular weight is 276 g/mol. The minimum Gasteiger partial charge on any atom is -0.491 e. The number of nitrogens with two attached hydrogens (primary N) is 1. The molecule has 106 valence electrons. The third-order valence-corrected chi connectivity index (χ3v) is 2.59. The van der Waals surface area contributed by atoms with Gasteiger partial charge in [-0.1, -0.05) is 18.2 Å². The van der Waals surface area contributed by atoms with E-state index in [1.54, 1.807) is 6.07 Å². The molecule has 1 aromatic heterocycles. The van der Waals surface area contributed by atoms with Crippen LogP contribution in [0, 0.1) is 0 Å². The molecule has 0 aliphatic heterocycles. The minimum atomic E-state index is -0.405. The molecule has 3 N–H and O–H groups in total. The number of nitrogens with one attached hydrogen (secondary N) is 1. The van der Waals surface area contributed by atoms with E-state index in [0.29, 0.717) is 24.5 Å². The van der Waals surface area contributed by atoms with Crippen LogP contribution >= 0.6 is 0 Å². The SMILES string of the molecule is NNC(=O)c1ccoc1COCCOc1ccccc1. The van der Waals surface area contributed by atoms with Crippen molar-refractivity contribution < 1.29 is 18.7 Å². The van der Waals surface area contributed by atoms with Gasteiger partial charge < -0.3 is 13.9 Å². The Bertz CT molecular complexity index is 539. The van der Waals surface area contributed by atoms with Crippen LogP contribution in [-0.4, -0.2) is 19.1 Å². The number of carbonyl (C=O) groups excluding carboxylic acids is 1. The van der Waals surface area contributed by atoms with Gasteiger partial charge in [-0.3, -0.25) is 10.2 Å². The zero-order valence-corrected chi connectivity index (χ0v) is 10.9. The smallest absolute Gasteiger partial charge is 0.268 e. The Morgan fingerprint density at radius 2 is 2.00 bits per heavy atom. The van der Waals surface area contributed by atoms with E-state index in [4.69, 9.17) is 19.7 Å². The predicted octanol–water partition coefficient (Wildman–Crippen LogP) is 1.48. The molecule has 2 rings (SSSR count). The van der Waals surface area contributed by atoms with Crippen LogP contribution in [0.15, 0.2) is 47.1 Å². The minimum absolute atomic E-state index is 0.188. The van der Waals surface area contributed by atoms with Crippen LogP contribution < -0.4 is 16.0 Å². The van der Waals surface area contributed by atoms with Crippen molar-refractivity contribution in [2.24, 2.45) is 5.84 Å². The van der Waals surface area contributed by atoms with Gasteiger partial charge in [0.25, 0.3) is 5.91 Å². The van der Waals surface area contributed by atoms with Crippen molar-refractivity contribution in [3.8, 4) is 5.75 Å². The molecule has 0 radical (unpaired) electrons. The number of nitrogen functional groups attached to an aromatic ring is 1. The highest BCUT2D eigenvalue weighted by molar-refractivity contribution is 5.94. The molecule has 1 aromatic carbocycles. The molecule has 0 saturated carbocycles. The Morgan fingerprint density at radius 3 is 2.75 bits per heavy atom. The monoisotopic (exact) mass is 276 g/mol. The van der Waals surface area contributed by atoms with Gasteiger partial charge >= 0.3 is 0 Å². The van der Waals surface area contributed by atoms with Crippen LogP contribution in [-0.2, 0) is 11.3 Å². The van der Waals surface area contributed by atoms with Crippen molar-refractivity contribution in [2.45, 2.75) is 6.61 Å². The van der Waals surface area contributed by atoms with Gasteiger partial charge in [0, 0.05) is 0 Å². The number of rotatable bonds is 7. The highest BCUT2D eigenvalue weighted by Gasteiger charge is 2.13. The molecule has 0 fully saturated rings. The lowest BCUT2D eigenvalue weighted by atomic mass is 10.2. The van der Waals surface area contributed by atoms with E-state index < -0.39 is 5.91 Å². The van der Waals surface area contributed by atoms with Gasteiger partial charge in [0.05, 0.1) is 18.4 Å². The van der Waals surface area contributed by atoms with E-state index >= 15 is 0 Å². The first-order chi connectivity index (χ1) is 9.81. The van der Waals surface area contributed by atoms with Gasteiger partial charge in [0.1, 0.15) is 24.7 Å². The van der Waals surface area contributed by atoms with Crippen molar-refractivity contribution in [3.63, 3.8) is 0 Å². The molecular weight excluding hydrogens is 260 g/mol. The largest absolute Gasteiger partial charge is 0.491 e. The molecule has 0 atom stereocenters. The summed E-state index contributed by atoms with van der Waals surface area (Å²) >= 11 is 0. The molecule has 1 amide bonds. The number of para-hydroxylation sites is 1. The summed E-state index contributed by atoms with van der Waals surface area (Å²) in [5, 5.41) is 0. The van der Waals surface area contributed by atoms with Crippen LogP contribution in [0.3, 0.4) is 0 Å². The Labute approximate surface area is 116 Å². The Kier molecular flexibility index (Phi) is 5.16. The predicted molar refractivity (Wildman–Crippen MR) is 72.0 cm³/mol. The summed E-state index contributed by atoms with van der Waals surface area (Å²) in [4.78, 5) is 11.4. The van der Waals surface area contributed by atoms with Gasteiger partial charge in [-0.15, -0.1) is 0 Å². The maximum Gasteiger partial charge on any atom is 0.268 e. The Morgan fingerprint density at radius 1 is 1.20 bits per heavy atom. The lowest BCUT2D eigenvalue weighted by Crippen LogP contribution is -2.30. The summed E-state index contributed by atoms with van der Waals surface area (Å²) in [6.45, 7) is 0.996. The third kappa shape index (κ3) is 3.84. The fourth-order valence-electron chi connectivity index (χ4n) is 1.63. The molecule has 0 unspecified atom stereocenters. The molecular formula is C14H16N2O4. The number of ether oxygens (including phenoxy) is 2. The number of hydrogen-bond acceptors (Lipinski definition) is 5. The second-order valence-corrected chi connectivity index (χ2v) is 3.95. The van der Waals surface area contributed by atoms with Crippen molar-refractivity contribution in [1.82, 2.24) is 5.43 Å². The van der Waals surface area contributed by atoms with Crippen molar-refractivity contribution in [3.05, 3.63) is 54.0 Å². The van der Waals surface area contributed by atoms with Gasteiger partial charge in [0.15, 0.2) is 0 Å². The van der Waals surface area contributed by atoms with E-state index in [-0.39, 0.29) is 6.61 Å². The topological polar surface area (TPSA) is 86.7 Å². The number of hydrazine groups is 1. The first-order valence-corrected chi connectivity index (χ1v) is 6.14. The summed E-state index contributed by atoms with van der Waals surface area (Å²) in [5.74, 6) is 5.89. The Hall–Kier alpha value is -2.31. The normalized spacial score (nSPS) is 10.2. The van der Waals surface area contributed by atoms with Crippen LogP contribution in [0.5, 0.6) is 5.75 Å². The van der Waals surface area contributed by atoms with Crippen molar-refractivity contribution >= 4 is 5.91 Å². The average Bonchev–Trinajstić information content (AvgIpc) is 2.95. The van der Waals surface area contributed by atoms with E-state index in [1.807, 2.05) is 30.3 Å². The maximum absolute atomic E-state index is 11.4. The van der Waals surface area contributed by atoms with E-state index in [0.717, 1.165) is 5.75 Å². The molecule has 0 aliphatic rings. The lowest BCUT2D eigenvalue weighted by Gasteiger charge is -2.06. The Balaban J connectivity index is 1.71. The molecule has 1 heterocycles. The molecule has 0 saturated heterocycles. The van der Waals surface area contributed by atoms with Crippen molar-refractivity contribution in [1.29, 1.82) is 0 Å². The van der Waals surface area contributed by atoms with E-state index in [9.17, 15) is 4.79 Å². The van der Waals surface area contributed by atoms with Gasteiger partial charge in [-0.2, -0.15) is 0 Å². The quantitative estimate of drug-likeness (QED) is 0.346. The highest BCUT2D eigenvalue weighted by atomic mass is 16.5. The molecule has 0 bridgehead atoms. The van der Waals surface area contributed by atoms with Crippen LogP contribution in [0.4, 0.5) is 0 Å². The zero-order chi connectivity index (χ0) is 14.2. The fourth-order valence-corrected chi connectivity index (χ4v) is 1.63. The fraction of sp³-hybridized carbons (Fsp3) is 0.214. The van der Waals surface area contributed by atoms with Gasteiger partial charge in [-0.25, -0.2) is 5.84 Å². The summed E-state index contributed by atoms with van der Waals surface area (Å²) in [7, 11) is 0.